The molecule has 1 unspecified atom stereocenters. The van der Waals surface area contributed by atoms with E-state index < -0.39 is 23.6 Å². The van der Waals surface area contributed by atoms with Crippen LogP contribution in [0.15, 0.2) is 40.2 Å². The fraction of sp³-hybridized carbons (Fsp3) is 0.238. The van der Waals surface area contributed by atoms with Crippen molar-refractivity contribution in [1.29, 1.82) is 0 Å². The summed E-state index contributed by atoms with van der Waals surface area (Å²) < 4.78 is 35.5. The fourth-order valence-corrected chi connectivity index (χ4v) is 6.12. The van der Waals surface area contributed by atoms with Gasteiger partial charge in [0.2, 0.25) is 0 Å². The Morgan fingerprint density at radius 3 is 2.53 bits per heavy atom. The number of halogens is 3. The van der Waals surface area contributed by atoms with Crippen molar-refractivity contribution in [3.8, 4) is 10.4 Å². The van der Waals surface area contributed by atoms with Gasteiger partial charge in [0.05, 0.1) is 22.0 Å². The molecule has 30 heavy (non-hydrogen) atoms. The number of hydrogen-bond donors (Lipinski definition) is 0. The molecule has 0 amide bonds. The zero-order chi connectivity index (χ0) is 21.6. The third-order valence-electron chi connectivity index (χ3n) is 5.13. The lowest BCUT2D eigenvalue weighted by Crippen LogP contribution is -2.31. The van der Waals surface area contributed by atoms with E-state index in [2.05, 4.69) is 0 Å². The highest BCUT2D eigenvalue weighted by atomic mass is 35.5. The van der Waals surface area contributed by atoms with Gasteiger partial charge in [-0.05, 0) is 42.3 Å². The van der Waals surface area contributed by atoms with Gasteiger partial charge in [0.1, 0.15) is 17.7 Å². The summed E-state index contributed by atoms with van der Waals surface area (Å²) >= 11 is 8.62. The molecule has 0 spiro atoms. The van der Waals surface area contributed by atoms with E-state index >= 15 is 0 Å². The average molecular weight is 468 g/mol. The minimum absolute atomic E-state index is 0.0487. The standard InChI is InChI=1S/C21H16ClF2NO3S2/c1-10-11(8-12-13(23)4-3-5-14(12)24)20-25(15(9-29-20)21(27)28-2)19(26)18(10)16-6-7-17(22)30-16/h3-7,15H,8-9H2,1-2H3. The molecule has 0 radical (unpaired) electrons. The van der Waals surface area contributed by atoms with Gasteiger partial charge in [0, 0.05) is 22.6 Å². The molecular weight excluding hydrogens is 452 g/mol. The first-order chi connectivity index (χ1) is 14.3. The van der Waals surface area contributed by atoms with Gasteiger partial charge in [-0.3, -0.25) is 9.36 Å². The van der Waals surface area contributed by atoms with Gasteiger partial charge in [-0.15, -0.1) is 23.1 Å². The molecule has 156 valence electrons. The number of benzene rings is 1. The summed E-state index contributed by atoms with van der Waals surface area (Å²) in [6.07, 6.45) is -0.0487. The van der Waals surface area contributed by atoms with E-state index in [9.17, 15) is 18.4 Å². The van der Waals surface area contributed by atoms with Crippen LogP contribution in [0.2, 0.25) is 4.34 Å². The van der Waals surface area contributed by atoms with E-state index in [1.54, 1.807) is 19.1 Å². The summed E-state index contributed by atoms with van der Waals surface area (Å²) in [6.45, 7) is 1.76. The van der Waals surface area contributed by atoms with Crippen LogP contribution in [0.4, 0.5) is 8.78 Å². The molecule has 2 aromatic heterocycles. The lowest BCUT2D eigenvalue weighted by atomic mass is 9.97. The highest BCUT2D eigenvalue weighted by Gasteiger charge is 2.35. The number of ether oxygens (including phenoxy) is 1. The second-order valence-electron chi connectivity index (χ2n) is 6.79. The predicted octanol–water partition coefficient (Wildman–Crippen LogP) is 5.23. The Labute approximate surface area is 184 Å². The minimum Gasteiger partial charge on any atom is -0.467 e. The van der Waals surface area contributed by atoms with Crippen molar-refractivity contribution in [3.05, 3.63) is 73.3 Å². The maximum Gasteiger partial charge on any atom is 0.329 e. The Morgan fingerprint density at radius 1 is 1.23 bits per heavy atom. The lowest BCUT2D eigenvalue weighted by Gasteiger charge is -2.19. The van der Waals surface area contributed by atoms with Crippen LogP contribution in [0.5, 0.6) is 0 Å². The van der Waals surface area contributed by atoms with E-state index in [4.69, 9.17) is 16.3 Å². The van der Waals surface area contributed by atoms with Crippen molar-refractivity contribution in [2.75, 3.05) is 12.9 Å². The molecule has 9 heteroatoms. The smallest absolute Gasteiger partial charge is 0.329 e. The van der Waals surface area contributed by atoms with Crippen LogP contribution in [0, 0.1) is 18.6 Å². The molecule has 1 atom stereocenters. The van der Waals surface area contributed by atoms with Crippen molar-refractivity contribution in [2.24, 2.45) is 0 Å². The molecule has 0 bridgehead atoms. The van der Waals surface area contributed by atoms with Gasteiger partial charge in [0.25, 0.3) is 5.56 Å². The first kappa shape index (κ1) is 21.1. The molecule has 1 aliphatic rings. The molecular formula is C21H16ClF2NO3S2. The van der Waals surface area contributed by atoms with Crippen molar-refractivity contribution in [1.82, 2.24) is 4.57 Å². The molecule has 0 N–H and O–H groups in total. The summed E-state index contributed by atoms with van der Waals surface area (Å²) in [5.41, 5.74) is 1.16. The highest BCUT2D eigenvalue weighted by Crippen LogP contribution is 2.41. The number of esters is 1. The number of hydrogen-bond acceptors (Lipinski definition) is 5. The molecule has 4 rings (SSSR count). The SMILES string of the molecule is COC(=O)C1CSc2c(Cc3c(F)cccc3F)c(C)c(-c3ccc(Cl)s3)c(=O)n21. The van der Waals surface area contributed by atoms with Gasteiger partial charge in [-0.25, -0.2) is 13.6 Å². The topological polar surface area (TPSA) is 48.3 Å². The summed E-state index contributed by atoms with van der Waals surface area (Å²) in [6, 6.07) is 6.32. The molecule has 0 aliphatic carbocycles. The Bertz CT molecular complexity index is 1200. The van der Waals surface area contributed by atoms with Crippen molar-refractivity contribution < 1.29 is 18.3 Å². The number of fused-ring (bicyclic) bond motifs is 1. The molecule has 4 nitrogen and oxygen atoms in total. The summed E-state index contributed by atoms with van der Waals surface area (Å²) in [5.74, 6) is -1.55. The zero-order valence-corrected chi connectivity index (χ0v) is 18.4. The van der Waals surface area contributed by atoms with Crippen molar-refractivity contribution >= 4 is 40.7 Å². The first-order valence-corrected chi connectivity index (χ1v) is 11.2. The number of nitrogens with zero attached hydrogens (tertiary/aromatic N) is 1. The Hall–Kier alpha value is -2.16. The third kappa shape index (κ3) is 3.46. The first-order valence-electron chi connectivity index (χ1n) is 9.00. The van der Waals surface area contributed by atoms with Crippen LogP contribution >= 0.6 is 34.7 Å². The quantitative estimate of drug-likeness (QED) is 0.493. The minimum atomic E-state index is -0.804. The van der Waals surface area contributed by atoms with Gasteiger partial charge in [0.15, 0.2) is 0 Å². The maximum absolute atomic E-state index is 14.4. The number of aromatic nitrogens is 1. The van der Waals surface area contributed by atoms with Crippen molar-refractivity contribution in [2.45, 2.75) is 24.4 Å². The monoisotopic (exact) mass is 467 g/mol. The number of pyridine rings is 1. The fourth-order valence-electron chi connectivity index (χ4n) is 3.64. The Balaban J connectivity index is 1.99. The van der Waals surface area contributed by atoms with E-state index in [0.717, 1.165) is 0 Å². The molecule has 1 aliphatic heterocycles. The highest BCUT2D eigenvalue weighted by molar-refractivity contribution is 7.99. The normalized spacial score (nSPS) is 15.3. The summed E-state index contributed by atoms with van der Waals surface area (Å²) in [7, 11) is 1.26. The van der Waals surface area contributed by atoms with Crippen LogP contribution in [-0.2, 0) is 16.0 Å². The van der Waals surface area contributed by atoms with E-state index in [0.29, 0.717) is 36.7 Å². The lowest BCUT2D eigenvalue weighted by molar-refractivity contribution is -0.143. The molecule has 0 fully saturated rings. The van der Waals surface area contributed by atoms with Crippen LogP contribution in [0.25, 0.3) is 10.4 Å². The number of thioether (sulfide) groups is 1. The van der Waals surface area contributed by atoms with Gasteiger partial charge < -0.3 is 4.74 Å². The average Bonchev–Trinajstić information content (AvgIpc) is 3.33. The van der Waals surface area contributed by atoms with Gasteiger partial charge in [-0.2, -0.15) is 0 Å². The van der Waals surface area contributed by atoms with Crippen LogP contribution < -0.4 is 5.56 Å². The molecule has 0 saturated carbocycles. The molecule has 0 saturated heterocycles. The Morgan fingerprint density at radius 2 is 1.93 bits per heavy atom. The van der Waals surface area contributed by atoms with Crippen LogP contribution in [0.1, 0.15) is 22.7 Å². The zero-order valence-electron chi connectivity index (χ0n) is 16.0. The third-order valence-corrected chi connectivity index (χ3v) is 7.58. The van der Waals surface area contributed by atoms with E-state index in [1.165, 1.54) is 53.0 Å². The predicted molar refractivity (Wildman–Crippen MR) is 115 cm³/mol. The summed E-state index contributed by atoms with van der Waals surface area (Å²) in [5, 5.41) is 0.530. The van der Waals surface area contributed by atoms with Crippen LogP contribution in [0.3, 0.4) is 0 Å². The maximum atomic E-state index is 14.4. The second-order valence-corrected chi connectivity index (χ2v) is 9.51. The number of methoxy groups -OCH3 is 1. The molecule has 3 aromatic rings. The number of carbonyl (C=O) groups is 1. The summed E-state index contributed by atoms with van der Waals surface area (Å²) in [4.78, 5) is 26.4. The molecule has 1 aromatic carbocycles. The number of thiophene rings is 1. The van der Waals surface area contributed by atoms with Crippen molar-refractivity contribution in [3.63, 3.8) is 0 Å². The van der Waals surface area contributed by atoms with E-state index in [1.807, 2.05) is 0 Å². The number of rotatable bonds is 4. The van der Waals surface area contributed by atoms with Gasteiger partial charge in [-0.1, -0.05) is 17.7 Å². The van der Waals surface area contributed by atoms with E-state index in [-0.39, 0.29) is 17.5 Å². The van der Waals surface area contributed by atoms with Gasteiger partial charge >= 0.3 is 5.97 Å². The Kier molecular flexibility index (Phi) is 5.74. The van der Waals surface area contributed by atoms with Crippen LogP contribution in [-0.4, -0.2) is 23.4 Å². The molecule has 3 heterocycles. The second kappa shape index (κ2) is 8.17. The number of carbonyl (C=O) groups excluding carboxylic acids is 1. The largest absolute Gasteiger partial charge is 0.467 e.